The first-order chi connectivity index (χ1) is 8.16. The number of amides is 1. The van der Waals surface area contributed by atoms with Gasteiger partial charge in [0, 0.05) is 17.8 Å². The first-order valence-corrected chi connectivity index (χ1v) is 5.45. The van der Waals surface area contributed by atoms with Crippen LogP contribution in [0.5, 0.6) is 0 Å². The van der Waals surface area contributed by atoms with Gasteiger partial charge in [-0.15, -0.1) is 0 Å². The van der Waals surface area contributed by atoms with Crippen LogP contribution in [-0.2, 0) is 4.79 Å². The second kappa shape index (κ2) is 4.92. The predicted molar refractivity (Wildman–Crippen MR) is 62.8 cm³/mol. The quantitative estimate of drug-likeness (QED) is 0.610. The van der Waals surface area contributed by atoms with Crippen molar-refractivity contribution in [2.24, 2.45) is 0 Å². The molecule has 1 atom stereocenters. The maximum absolute atomic E-state index is 11.8. The van der Waals surface area contributed by atoms with Crippen LogP contribution in [0.4, 0.5) is 11.4 Å². The molecule has 0 saturated carbocycles. The zero-order chi connectivity index (χ0) is 12.3. The van der Waals surface area contributed by atoms with Gasteiger partial charge < -0.3 is 10.6 Å². The lowest BCUT2D eigenvalue weighted by molar-refractivity contribution is -0.384. The van der Waals surface area contributed by atoms with Gasteiger partial charge in [-0.1, -0.05) is 6.07 Å². The van der Waals surface area contributed by atoms with Gasteiger partial charge in [-0.2, -0.15) is 0 Å². The lowest BCUT2D eigenvalue weighted by atomic mass is 10.2. The zero-order valence-corrected chi connectivity index (χ0v) is 9.18. The Kier molecular flexibility index (Phi) is 3.34. The number of rotatable bonds is 3. The Morgan fingerprint density at radius 2 is 2.35 bits per heavy atom. The van der Waals surface area contributed by atoms with E-state index in [1.54, 1.807) is 12.1 Å². The molecule has 1 aliphatic heterocycles. The molecule has 1 unspecified atom stereocenters. The summed E-state index contributed by atoms with van der Waals surface area (Å²) in [5.74, 6) is -0.136. The molecular formula is C11H13N3O3. The van der Waals surface area contributed by atoms with E-state index in [9.17, 15) is 14.9 Å². The molecule has 90 valence electrons. The fourth-order valence-corrected chi connectivity index (χ4v) is 1.83. The monoisotopic (exact) mass is 235 g/mol. The summed E-state index contributed by atoms with van der Waals surface area (Å²) in [4.78, 5) is 21.8. The molecule has 6 heteroatoms. The van der Waals surface area contributed by atoms with Crippen LogP contribution in [-0.4, -0.2) is 23.4 Å². The molecular weight excluding hydrogens is 222 g/mol. The molecule has 17 heavy (non-hydrogen) atoms. The van der Waals surface area contributed by atoms with E-state index in [0.717, 1.165) is 19.4 Å². The fourth-order valence-electron chi connectivity index (χ4n) is 1.83. The van der Waals surface area contributed by atoms with Gasteiger partial charge in [0.25, 0.3) is 5.69 Å². The van der Waals surface area contributed by atoms with E-state index in [2.05, 4.69) is 10.6 Å². The van der Waals surface area contributed by atoms with Crippen molar-refractivity contribution in [3.63, 3.8) is 0 Å². The highest BCUT2D eigenvalue weighted by atomic mass is 16.6. The van der Waals surface area contributed by atoms with Crippen molar-refractivity contribution in [2.75, 3.05) is 11.9 Å². The molecule has 0 aliphatic carbocycles. The SMILES string of the molecule is O=C(Nc1cccc([N+](=O)[O-])c1)C1CCCN1. The highest BCUT2D eigenvalue weighted by Gasteiger charge is 2.22. The summed E-state index contributed by atoms with van der Waals surface area (Å²) in [5.41, 5.74) is 0.431. The largest absolute Gasteiger partial charge is 0.324 e. The maximum atomic E-state index is 11.8. The molecule has 1 saturated heterocycles. The summed E-state index contributed by atoms with van der Waals surface area (Å²) >= 11 is 0. The van der Waals surface area contributed by atoms with Crippen molar-refractivity contribution < 1.29 is 9.72 Å². The van der Waals surface area contributed by atoms with Crippen molar-refractivity contribution in [3.8, 4) is 0 Å². The number of hydrogen-bond donors (Lipinski definition) is 2. The van der Waals surface area contributed by atoms with Crippen LogP contribution in [0.3, 0.4) is 0 Å². The first-order valence-electron chi connectivity index (χ1n) is 5.45. The number of nitro groups is 1. The van der Waals surface area contributed by atoms with Crippen molar-refractivity contribution in [2.45, 2.75) is 18.9 Å². The Labute approximate surface area is 98.2 Å². The van der Waals surface area contributed by atoms with Crippen LogP contribution >= 0.6 is 0 Å². The first kappa shape index (κ1) is 11.5. The molecule has 1 fully saturated rings. The third kappa shape index (κ3) is 2.79. The molecule has 1 aromatic carbocycles. The average Bonchev–Trinajstić information content (AvgIpc) is 2.82. The summed E-state index contributed by atoms with van der Waals surface area (Å²) in [6.07, 6.45) is 1.79. The molecule has 0 bridgehead atoms. The minimum atomic E-state index is -0.483. The third-order valence-electron chi connectivity index (χ3n) is 2.70. The molecule has 0 radical (unpaired) electrons. The Morgan fingerprint density at radius 3 is 3.00 bits per heavy atom. The highest BCUT2D eigenvalue weighted by molar-refractivity contribution is 5.95. The molecule has 0 aromatic heterocycles. The number of nitrogens with one attached hydrogen (secondary N) is 2. The summed E-state index contributed by atoms with van der Waals surface area (Å²) < 4.78 is 0. The van der Waals surface area contributed by atoms with Gasteiger partial charge in [0.05, 0.1) is 11.0 Å². The lowest BCUT2D eigenvalue weighted by Crippen LogP contribution is -2.35. The van der Waals surface area contributed by atoms with E-state index in [1.807, 2.05) is 0 Å². The van der Waals surface area contributed by atoms with Crippen LogP contribution in [0.2, 0.25) is 0 Å². The normalized spacial score (nSPS) is 18.9. The standard InChI is InChI=1S/C11H13N3O3/c15-11(10-5-2-6-12-10)13-8-3-1-4-9(7-8)14(16)17/h1,3-4,7,10,12H,2,5-6H2,(H,13,15). The number of benzene rings is 1. The van der Waals surface area contributed by atoms with Crippen molar-refractivity contribution >= 4 is 17.3 Å². The molecule has 1 amide bonds. The molecule has 2 N–H and O–H groups in total. The minimum Gasteiger partial charge on any atom is -0.324 e. The molecule has 2 rings (SSSR count). The minimum absolute atomic E-state index is 0.0258. The van der Waals surface area contributed by atoms with Crippen LogP contribution in [0.15, 0.2) is 24.3 Å². The van der Waals surface area contributed by atoms with Crippen molar-refractivity contribution in [3.05, 3.63) is 34.4 Å². The molecule has 1 aliphatic rings. The zero-order valence-electron chi connectivity index (χ0n) is 9.18. The number of carbonyl (C=O) groups excluding carboxylic acids is 1. The molecule has 0 spiro atoms. The number of carbonyl (C=O) groups is 1. The van der Waals surface area contributed by atoms with E-state index in [4.69, 9.17) is 0 Å². The van der Waals surface area contributed by atoms with E-state index in [-0.39, 0.29) is 17.6 Å². The number of non-ortho nitro benzene ring substituents is 1. The molecule has 1 aromatic rings. The number of nitro benzene ring substituents is 1. The summed E-state index contributed by atoms with van der Waals surface area (Å²) in [6, 6.07) is 5.75. The lowest BCUT2D eigenvalue weighted by Gasteiger charge is -2.10. The van der Waals surface area contributed by atoms with Crippen LogP contribution in [0.25, 0.3) is 0 Å². The summed E-state index contributed by atoms with van der Waals surface area (Å²) in [5, 5.41) is 16.3. The van der Waals surface area contributed by atoms with E-state index in [0.29, 0.717) is 5.69 Å². The molecule has 6 nitrogen and oxygen atoms in total. The fraction of sp³-hybridized carbons (Fsp3) is 0.364. The van der Waals surface area contributed by atoms with Gasteiger partial charge in [0.1, 0.15) is 0 Å². The average molecular weight is 235 g/mol. The number of hydrogen-bond acceptors (Lipinski definition) is 4. The van der Waals surface area contributed by atoms with Crippen LogP contribution in [0.1, 0.15) is 12.8 Å². The summed E-state index contributed by atoms with van der Waals surface area (Å²) in [6.45, 7) is 0.840. The van der Waals surface area contributed by atoms with Gasteiger partial charge in [0.2, 0.25) is 5.91 Å². The number of nitrogens with zero attached hydrogens (tertiary/aromatic N) is 1. The van der Waals surface area contributed by atoms with Crippen molar-refractivity contribution in [1.29, 1.82) is 0 Å². The summed E-state index contributed by atoms with van der Waals surface area (Å²) in [7, 11) is 0. The van der Waals surface area contributed by atoms with Crippen LogP contribution < -0.4 is 10.6 Å². The third-order valence-corrected chi connectivity index (χ3v) is 2.70. The van der Waals surface area contributed by atoms with E-state index >= 15 is 0 Å². The Balaban J connectivity index is 2.05. The smallest absolute Gasteiger partial charge is 0.271 e. The maximum Gasteiger partial charge on any atom is 0.271 e. The van der Waals surface area contributed by atoms with Gasteiger partial charge in [-0.3, -0.25) is 14.9 Å². The highest BCUT2D eigenvalue weighted by Crippen LogP contribution is 2.17. The van der Waals surface area contributed by atoms with Gasteiger partial charge >= 0.3 is 0 Å². The molecule has 1 heterocycles. The predicted octanol–water partition coefficient (Wildman–Crippen LogP) is 1.29. The second-order valence-corrected chi connectivity index (χ2v) is 3.95. The second-order valence-electron chi connectivity index (χ2n) is 3.95. The van der Waals surface area contributed by atoms with E-state index < -0.39 is 4.92 Å². The number of anilines is 1. The topological polar surface area (TPSA) is 84.3 Å². The Morgan fingerprint density at radius 1 is 1.53 bits per heavy atom. The van der Waals surface area contributed by atoms with Gasteiger partial charge in [-0.05, 0) is 25.5 Å². The van der Waals surface area contributed by atoms with Gasteiger partial charge in [0.15, 0.2) is 0 Å². The van der Waals surface area contributed by atoms with Crippen molar-refractivity contribution in [1.82, 2.24) is 5.32 Å². The Bertz CT molecular complexity index is 441. The van der Waals surface area contributed by atoms with E-state index in [1.165, 1.54) is 12.1 Å². The Hall–Kier alpha value is -1.95. The van der Waals surface area contributed by atoms with Gasteiger partial charge in [-0.25, -0.2) is 0 Å². The van der Waals surface area contributed by atoms with Crippen LogP contribution in [0, 0.1) is 10.1 Å².